The highest BCUT2D eigenvalue weighted by atomic mass is 35.5. The van der Waals surface area contributed by atoms with E-state index in [0.29, 0.717) is 26.0 Å². The number of nitrogens with one attached hydrogen (secondary N) is 2. The topological polar surface area (TPSA) is 93.5 Å². The van der Waals surface area contributed by atoms with Gasteiger partial charge in [-0.15, -0.1) is 12.4 Å². The zero-order valence-electron chi connectivity index (χ0n) is 16.6. The maximum absolute atomic E-state index is 12.1. The van der Waals surface area contributed by atoms with E-state index in [2.05, 4.69) is 10.6 Å². The number of rotatable bonds is 9. The van der Waals surface area contributed by atoms with Crippen LogP contribution in [0.3, 0.4) is 0 Å². The fourth-order valence-corrected chi connectivity index (χ4v) is 2.78. The van der Waals surface area contributed by atoms with Crippen molar-refractivity contribution in [3.8, 4) is 5.75 Å². The van der Waals surface area contributed by atoms with Crippen molar-refractivity contribution in [2.24, 2.45) is 5.73 Å². The largest absolute Gasteiger partial charge is 0.493 e. The minimum absolute atomic E-state index is 0. The van der Waals surface area contributed by atoms with Gasteiger partial charge in [0.25, 0.3) is 0 Å². The Balaban J connectivity index is 0.00000300. The molecule has 0 unspecified atom stereocenters. The van der Waals surface area contributed by atoms with Gasteiger partial charge in [0.1, 0.15) is 5.75 Å². The van der Waals surface area contributed by atoms with E-state index in [4.69, 9.17) is 10.5 Å². The van der Waals surface area contributed by atoms with Crippen LogP contribution in [-0.4, -0.2) is 24.0 Å². The molecule has 2 aromatic rings. The molecule has 0 radical (unpaired) electrons. The van der Waals surface area contributed by atoms with Crippen LogP contribution in [0.25, 0.3) is 0 Å². The number of halogens is 1. The summed E-state index contributed by atoms with van der Waals surface area (Å²) in [6, 6.07) is 15.3. The molecule has 0 atom stereocenters. The van der Waals surface area contributed by atoms with Crippen molar-refractivity contribution in [3.05, 3.63) is 59.7 Å². The zero-order valence-corrected chi connectivity index (χ0v) is 17.4. The first-order valence-electron chi connectivity index (χ1n) is 9.61. The van der Waals surface area contributed by atoms with Gasteiger partial charge in [0, 0.05) is 18.7 Å². The standard InChI is InChI=1S/C22H27N3O3.ClH/c1-16-5-2-3-6-19(16)28-14-4-7-20(26)25-18-10-8-17(9-11-18)15-24-21(27)22(23)12-13-22;/h2-3,5-6,8-11H,4,7,12-15,23H2,1H3,(H,24,27)(H,25,26);1H. The first kappa shape index (κ1) is 22.7. The molecule has 4 N–H and O–H groups in total. The lowest BCUT2D eigenvalue weighted by Gasteiger charge is -2.11. The van der Waals surface area contributed by atoms with Gasteiger partial charge in [-0.25, -0.2) is 0 Å². The van der Waals surface area contributed by atoms with E-state index in [1.807, 2.05) is 55.5 Å². The van der Waals surface area contributed by atoms with Crippen molar-refractivity contribution in [2.75, 3.05) is 11.9 Å². The van der Waals surface area contributed by atoms with E-state index in [1.54, 1.807) is 0 Å². The quantitative estimate of drug-likeness (QED) is 0.545. The van der Waals surface area contributed by atoms with Gasteiger partial charge in [-0.2, -0.15) is 0 Å². The molecule has 2 amide bonds. The van der Waals surface area contributed by atoms with Crippen molar-refractivity contribution >= 4 is 29.9 Å². The maximum Gasteiger partial charge on any atom is 0.240 e. The lowest BCUT2D eigenvalue weighted by Crippen LogP contribution is -2.42. The normalized spacial score (nSPS) is 13.7. The second-order valence-electron chi connectivity index (χ2n) is 7.30. The Kier molecular flexibility index (Phi) is 8.05. The van der Waals surface area contributed by atoms with Crippen molar-refractivity contribution in [2.45, 2.75) is 44.7 Å². The van der Waals surface area contributed by atoms with Crippen LogP contribution in [0.15, 0.2) is 48.5 Å². The van der Waals surface area contributed by atoms with Gasteiger partial charge in [-0.3, -0.25) is 9.59 Å². The molecule has 0 spiro atoms. The average molecular weight is 418 g/mol. The number of nitrogens with two attached hydrogens (primary N) is 1. The van der Waals surface area contributed by atoms with Crippen LogP contribution in [0.1, 0.15) is 36.8 Å². The molecule has 0 aromatic heterocycles. The molecule has 1 saturated carbocycles. The number of amides is 2. The highest BCUT2D eigenvalue weighted by Gasteiger charge is 2.45. The molecule has 0 heterocycles. The Morgan fingerprint density at radius 3 is 2.45 bits per heavy atom. The highest BCUT2D eigenvalue weighted by Crippen LogP contribution is 2.32. The minimum atomic E-state index is -0.656. The zero-order chi connectivity index (χ0) is 20.0. The van der Waals surface area contributed by atoms with E-state index in [9.17, 15) is 9.59 Å². The summed E-state index contributed by atoms with van der Waals surface area (Å²) in [5.41, 5.74) is 7.98. The molecule has 6 nitrogen and oxygen atoms in total. The summed E-state index contributed by atoms with van der Waals surface area (Å²) in [4.78, 5) is 23.9. The second-order valence-corrected chi connectivity index (χ2v) is 7.30. The van der Waals surface area contributed by atoms with Crippen LogP contribution >= 0.6 is 12.4 Å². The van der Waals surface area contributed by atoms with Gasteiger partial charge in [-0.1, -0.05) is 30.3 Å². The molecular formula is C22H28ClN3O3. The molecule has 1 aliphatic carbocycles. The molecule has 1 fully saturated rings. The number of ether oxygens (including phenoxy) is 1. The van der Waals surface area contributed by atoms with Gasteiger partial charge in [0.2, 0.25) is 11.8 Å². The lowest BCUT2D eigenvalue weighted by molar-refractivity contribution is -0.123. The van der Waals surface area contributed by atoms with Gasteiger partial charge in [0.05, 0.1) is 12.1 Å². The van der Waals surface area contributed by atoms with Crippen molar-refractivity contribution in [1.82, 2.24) is 5.32 Å². The third kappa shape index (κ3) is 6.76. The summed E-state index contributed by atoms with van der Waals surface area (Å²) in [6.45, 7) is 2.93. The fourth-order valence-electron chi connectivity index (χ4n) is 2.78. The molecule has 3 rings (SSSR count). The van der Waals surface area contributed by atoms with Crippen LogP contribution in [0.4, 0.5) is 5.69 Å². The smallest absolute Gasteiger partial charge is 0.240 e. The minimum Gasteiger partial charge on any atom is -0.493 e. The molecule has 0 bridgehead atoms. The highest BCUT2D eigenvalue weighted by molar-refractivity contribution is 5.90. The number of carbonyl (C=O) groups excluding carboxylic acids is 2. The Hall–Kier alpha value is -2.57. The molecule has 1 aliphatic rings. The molecule has 0 saturated heterocycles. The third-order valence-electron chi connectivity index (χ3n) is 4.83. The van der Waals surface area contributed by atoms with Crippen molar-refractivity contribution in [3.63, 3.8) is 0 Å². The number of benzene rings is 2. The second kappa shape index (κ2) is 10.3. The summed E-state index contributed by atoms with van der Waals surface area (Å²) < 4.78 is 5.70. The van der Waals surface area contributed by atoms with Gasteiger partial charge in [-0.05, 0) is 55.5 Å². The van der Waals surface area contributed by atoms with E-state index >= 15 is 0 Å². The monoisotopic (exact) mass is 417 g/mol. The van der Waals surface area contributed by atoms with Crippen LogP contribution in [0.5, 0.6) is 5.75 Å². The number of carbonyl (C=O) groups is 2. The lowest BCUT2D eigenvalue weighted by atomic mass is 10.2. The van der Waals surface area contributed by atoms with E-state index in [0.717, 1.165) is 35.4 Å². The van der Waals surface area contributed by atoms with E-state index in [1.165, 1.54) is 0 Å². The molecular weight excluding hydrogens is 390 g/mol. The summed E-state index contributed by atoms with van der Waals surface area (Å²) in [5.74, 6) is 0.707. The Morgan fingerprint density at radius 2 is 1.79 bits per heavy atom. The average Bonchev–Trinajstić information content (AvgIpc) is 3.44. The Labute approximate surface area is 177 Å². The summed E-state index contributed by atoms with van der Waals surface area (Å²) >= 11 is 0. The van der Waals surface area contributed by atoms with Crippen LogP contribution in [0, 0.1) is 6.92 Å². The van der Waals surface area contributed by atoms with Gasteiger partial charge >= 0.3 is 0 Å². The van der Waals surface area contributed by atoms with E-state index in [-0.39, 0.29) is 24.2 Å². The SMILES string of the molecule is Cc1ccccc1OCCCC(=O)Nc1ccc(CNC(=O)C2(N)CC2)cc1.Cl. The van der Waals surface area contributed by atoms with Gasteiger partial charge in [0.15, 0.2) is 0 Å². The predicted molar refractivity (Wildman–Crippen MR) is 116 cm³/mol. The molecule has 2 aromatic carbocycles. The molecule has 29 heavy (non-hydrogen) atoms. The number of hydrogen-bond donors (Lipinski definition) is 3. The first-order chi connectivity index (χ1) is 13.5. The number of hydrogen-bond acceptors (Lipinski definition) is 4. The first-order valence-corrected chi connectivity index (χ1v) is 9.61. The predicted octanol–water partition coefficient (Wildman–Crippen LogP) is 3.32. The van der Waals surface area contributed by atoms with Crippen LogP contribution < -0.4 is 21.1 Å². The number of anilines is 1. The Bertz CT molecular complexity index is 835. The van der Waals surface area contributed by atoms with Crippen molar-refractivity contribution < 1.29 is 14.3 Å². The molecule has 156 valence electrons. The van der Waals surface area contributed by atoms with Gasteiger partial charge < -0.3 is 21.1 Å². The van der Waals surface area contributed by atoms with Crippen LogP contribution in [0.2, 0.25) is 0 Å². The number of para-hydroxylation sites is 1. The maximum atomic E-state index is 12.1. The molecule has 7 heteroatoms. The molecule has 0 aliphatic heterocycles. The van der Waals surface area contributed by atoms with Crippen LogP contribution in [-0.2, 0) is 16.1 Å². The Morgan fingerprint density at radius 1 is 1.10 bits per heavy atom. The fraction of sp³-hybridized carbons (Fsp3) is 0.364. The summed E-state index contributed by atoms with van der Waals surface area (Å²) in [5, 5.41) is 5.72. The third-order valence-corrected chi connectivity index (χ3v) is 4.83. The van der Waals surface area contributed by atoms with E-state index < -0.39 is 5.54 Å². The summed E-state index contributed by atoms with van der Waals surface area (Å²) in [7, 11) is 0. The van der Waals surface area contributed by atoms with Crippen molar-refractivity contribution in [1.29, 1.82) is 0 Å². The summed E-state index contributed by atoms with van der Waals surface area (Å²) in [6.07, 6.45) is 2.53. The number of aryl methyl sites for hydroxylation is 1.